The van der Waals surface area contributed by atoms with Crippen molar-refractivity contribution in [3.05, 3.63) is 22.7 Å². The van der Waals surface area contributed by atoms with Crippen molar-refractivity contribution in [3.8, 4) is 5.75 Å². The minimum Gasteiger partial charge on any atom is -0.502 e. The lowest BCUT2D eigenvalue weighted by molar-refractivity contribution is 0.399. The predicted molar refractivity (Wildman–Crippen MR) is 61.3 cm³/mol. The molecule has 0 atom stereocenters. The molecule has 1 heterocycles. The van der Waals surface area contributed by atoms with Crippen LogP contribution in [0.4, 0.5) is 5.69 Å². The molecule has 0 saturated heterocycles. The Morgan fingerprint density at radius 2 is 2.06 bits per heavy atom. The smallest absolute Gasteiger partial charge is 0.251 e. The largest absolute Gasteiger partial charge is 0.502 e. The lowest BCUT2D eigenvalue weighted by atomic mass is 10.3. The lowest BCUT2D eigenvalue weighted by Gasteiger charge is -2.18. The summed E-state index contributed by atoms with van der Waals surface area (Å²) < 4.78 is 4.79. The standard InChI is InChI=1S/C10H17N3O3/c1-12(2)4-3-5-13(11)8-6-16-7-9(14)10(8)15/h6-7,14H,3-5,11H2,1-2H3. The van der Waals surface area contributed by atoms with Crippen LogP contribution in [0.2, 0.25) is 0 Å². The van der Waals surface area contributed by atoms with Crippen molar-refractivity contribution in [1.82, 2.24) is 4.90 Å². The van der Waals surface area contributed by atoms with Crippen molar-refractivity contribution in [2.24, 2.45) is 5.84 Å². The van der Waals surface area contributed by atoms with E-state index in [1.165, 1.54) is 11.3 Å². The molecule has 0 aliphatic heterocycles. The van der Waals surface area contributed by atoms with Crippen LogP contribution >= 0.6 is 0 Å². The van der Waals surface area contributed by atoms with Gasteiger partial charge in [0.05, 0.1) is 0 Å². The summed E-state index contributed by atoms with van der Waals surface area (Å²) in [6.45, 7) is 1.39. The topological polar surface area (TPSA) is 82.9 Å². The molecular formula is C10H17N3O3. The Morgan fingerprint density at radius 1 is 1.38 bits per heavy atom. The molecule has 0 fully saturated rings. The van der Waals surface area contributed by atoms with Gasteiger partial charge in [0.2, 0.25) is 5.75 Å². The van der Waals surface area contributed by atoms with E-state index in [1.807, 2.05) is 19.0 Å². The van der Waals surface area contributed by atoms with Gasteiger partial charge in [0.1, 0.15) is 18.2 Å². The highest BCUT2D eigenvalue weighted by atomic mass is 16.3. The molecule has 1 rings (SSSR count). The molecule has 6 nitrogen and oxygen atoms in total. The van der Waals surface area contributed by atoms with Crippen molar-refractivity contribution < 1.29 is 9.52 Å². The summed E-state index contributed by atoms with van der Waals surface area (Å²) in [5.41, 5.74) is -0.350. The maximum absolute atomic E-state index is 11.5. The number of hydrogen-bond acceptors (Lipinski definition) is 6. The fourth-order valence-corrected chi connectivity index (χ4v) is 1.28. The SMILES string of the molecule is CN(C)CCCN(N)c1cocc(O)c1=O. The van der Waals surface area contributed by atoms with Gasteiger partial charge < -0.3 is 19.4 Å². The maximum Gasteiger partial charge on any atom is 0.251 e. The molecule has 0 saturated carbocycles. The van der Waals surface area contributed by atoms with Crippen LogP contribution in [0, 0.1) is 0 Å². The molecule has 0 spiro atoms. The first-order valence-electron chi connectivity index (χ1n) is 4.99. The maximum atomic E-state index is 11.5. The Balaban J connectivity index is 2.63. The highest BCUT2D eigenvalue weighted by Crippen LogP contribution is 2.09. The number of nitrogens with zero attached hydrogens (tertiary/aromatic N) is 2. The van der Waals surface area contributed by atoms with Gasteiger partial charge >= 0.3 is 0 Å². The zero-order valence-electron chi connectivity index (χ0n) is 9.51. The van der Waals surface area contributed by atoms with Gasteiger partial charge in [-0.25, -0.2) is 5.84 Å². The molecule has 0 radical (unpaired) electrons. The molecule has 1 aromatic heterocycles. The molecule has 0 amide bonds. The Bertz CT molecular complexity index is 389. The van der Waals surface area contributed by atoms with E-state index in [2.05, 4.69) is 0 Å². The number of hydrogen-bond donors (Lipinski definition) is 2. The average Bonchev–Trinajstić information content (AvgIpc) is 2.21. The molecular weight excluding hydrogens is 210 g/mol. The molecule has 90 valence electrons. The normalized spacial score (nSPS) is 10.8. The Kier molecular flexibility index (Phi) is 4.33. The first-order valence-corrected chi connectivity index (χ1v) is 4.99. The first kappa shape index (κ1) is 12.5. The fraction of sp³-hybridized carbons (Fsp3) is 0.500. The average molecular weight is 227 g/mol. The predicted octanol–water partition coefficient (Wildman–Crippen LogP) is -0.0228. The van der Waals surface area contributed by atoms with Gasteiger partial charge in [0, 0.05) is 6.54 Å². The van der Waals surface area contributed by atoms with Crippen molar-refractivity contribution in [3.63, 3.8) is 0 Å². The van der Waals surface area contributed by atoms with Crippen LogP contribution in [-0.4, -0.2) is 37.2 Å². The molecule has 6 heteroatoms. The van der Waals surface area contributed by atoms with Crippen LogP contribution in [-0.2, 0) is 0 Å². The molecule has 0 bridgehead atoms. The highest BCUT2D eigenvalue weighted by molar-refractivity contribution is 5.44. The Hall–Kier alpha value is -1.53. The second-order valence-corrected chi connectivity index (χ2v) is 3.82. The van der Waals surface area contributed by atoms with E-state index < -0.39 is 11.2 Å². The third-order valence-corrected chi connectivity index (χ3v) is 2.14. The minimum absolute atomic E-state index is 0.166. The molecule has 0 aromatic carbocycles. The van der Waals surface area contributed by atoms with Crippen LogP contribution in [0.3, 0.4) is 0 Å². The zero-order valence-corrected chi connectivity index (χ0v) is 9.51. The summed E-state index contributed by atoms with van der Waals surface area (Å²) in [7, 11) is 3.92. The van der Waals surface area contributed by atoms with Crippen molar-refractivity contribution >= 4 is 5.69 Å². The van der Waals surface area contributed by atoms with E-state index in [9.17, 15) is 4.79 Å². The van der Waals surface area contributed by atoms with Gasteiger partial charge in [0.15, 0.2) is 0 Å². The van der Waals surface area contributed by atoms with Crippen molar-refractivity contribution in [2.75, 3.05) is 32.2 Å². The van der Waals surface area contributed by atoms with Gasteiger partial charge in [-0.15, -0.1) is 0 Å². The van der Waals surface area contributed by atoms with Gasteiger partial charge in [-0.05, 0) is 27.1 Å². The highest BCUT2D eigenvalue weighted by Gasteiger charge is 2.10. The van der Waals surface area contributed by atoms with Crippen LogP contribution in [0.15, 0.2) is 21.7 Å². The van der Waals surface area contributed by atoms with E-state index in [1.54, 1.807) is 0 Å². The van der Waals surface area contributed by atoms with E-state index in [4.69, 9.17) is 15.4 Å². The molecule has 3 N–H and O–H groups in total. The van der Waals surface area contributed by atoms with E-state index >= 15 is 0 Å². The number of nitrogens with two attached hydrogens (primary N) is 1. The van der Waals surface area contributed by atoms with Crippen LogP contribution in [0.25, 0.3) is 0 Å². The third-order valence-electron chi connectivity index (χ3n) is 2.14. The quantitative estimate of drug-likeness (QED) is 0.543. The summed E-state index contributed by atoms with van der Waals surface area (Å²) >= 11 is 0. The third kappa shape index (κ3) is 3.25. The number of hydrazine groups is 1. The van der Waals surface area contributed by atoms with Crippen molar-refractivity contribution in [2.45, 2.75) is 6.42 Å². The van der Waals surface area contributed by atoms with Gasteiger partial charge in [-0.3, -0.25) is 4.79 Å². The molecule has 0 aliphatic rings. The zero-order chi connectivity index (χ0) is 12.1. The summed E-state index contributed by atoms with van der Waals surface area (Å²) in [4.78, 5) is 13.5. The van der Waals surface area contributed by atoms with Crippen LogP contribution in [0.5, 0.6) is 5.75 Å². The second-order valence-electron chi connectivity index (χ2n) is 3.82. The Morgan fingerprint density at radius 3 is 2.69 bits per heavy atom. The Labute approximate surface area is 93.8 Å². The molecule has 16 heavy (non-hydrogen) atoms. The molecule has 0 aliphatic carbocycles. The summed E-state index contributed by atoms with van der Waals surface area (Å²) in [5, 5.41) is 10.5. The summed E-state index contributed by atoms with van der Waals surface area (Å²) in [6.07, 6.45) is 3.04. The fourth-order valence-electron chi connectivity index (χ4n) is 1.28. The van der Waals surface area contributed by atoms with E-state index in [-0.39, 0.29) is 5.69 Å². The van der Waals surface area contributed by atoms with Gasteiger partial charge in [0.25, 0.3) is 5.43 Å². The number of rotatable bonds is 5. The first-order chi connectivity index (χ1) is 7.52. The molecule has 0 unspecified atom stereocenters. The summed E-state index contributed by atoms with van der Waals surface area (Å²) in [6, 6.07) is 0. The monoisotopic (exact) mass is 227 g/mol. The van der Waals surface area contributed by atoms with E-state index in [0.717, 1.165) is 19.2 Å². The summed E-state index contributed by atoms with van der Waals surface area (Å²) in [5.74, 6) is 5.26. The minimum atomic E-state index is -0.515. The molecule has 1 aromatic rings. The van der Waals surface area contributed by atoms with E-state index in [0.29, 0.717) is 6.54 Å². The number of aromatic hydroxyl groups is 1. The van der Waals surface area contributed by atoms with Gasteiger partial charge in [-0.2, -0.15) is 0 Å². The number of anilines is 1. The second kappa shape index (κ2) is 5.53. The van der Waals surface area contributed by atoms with Crippen molar-refractivity contribution in [1.29, 1.82) is 0 Å². The van der Waals surface area contributed by atoms with Crippen LogP contribution < -0.4 is 16.3 Å². The lowest BCUT2D eigenvalue weighted by Crippen LogP contribution is -2.36. The van der Waals surface area contributed by atoms with Crippen LogP contribution in [0.1, 0.15) is 6.42 Å². The van der Waals surface area contributed by atoms with Gasteiger partial charge in [-0.1, -0.05) is 0 Å².